The second-order valence-electron chi connectivity index (χ2n) is 4.67. The van der Waals surface area contributed by atoms with E-state index in [1.165, 1.54) is 12.0 Å². The van der Waals surface area contributed by atoms with Gasteiger partial charge in [-0.25, -0.2) is 0 Å². The summed E-state index contributed by atoms with van der Waals surface area (Å²) in [6.45, 7) is 2.16. The van der Waals surface area contributed by atoms with Crippen LogP contribution in [0.15, 0.2) is 24.3 Å². The summed E-state index contributed by atoms with van der Waals surface area (Å²) >= 11 is 0. The van der Waals surface area contributed by atoms with Crippen molar-refractivity contribution in [1.82, 2.24) is 0 Å². The fourth-order valence-electron chi connectivity index (χ4n) is 2.32. The highest BCUT2D eigenvalue weighted by atomic mass is 16.5. The van der Waals surface area contributed by atoms with Gasteiger partial charge in [0.15, 0.2) is 0 Å². The molecule has 1 aromatic rings. The molecule has 1 aliphatic rings. The Bertz CT molecular complexity index is 337. The molecule has 2 unspecified atom stereocenters. The molecule has 0 bridgehead atoms. The molecule has 0 heterocycles. The Labute approximate surface area is 97.8 Å². The van der Waals surface area contributed by atoms with Crippen molar-refractivity contribution in [3.63, 3.8) is 0 Å². The summed E-state index contributed by atoms with van der Waals surface area (Å²) in [6.07, 6.45) is 5.85. The number of hydrogen-bond donors (Lipinski definition) is 1. The Morgan fingerprint density at radius 2 is 2.25 bits per heavy atom. The third kappa shape index (κ3) is 2.99. The Morgan fingerprint density at radius 1 is 1.38 bits per heavy atom. The average molecular weight is 219 g/mol. The standard InChI is InChI=1S/C14H21NO/c1-2-11-5-3-7-13(9-11)16-14-8-4-6-12(15)10-14/h3,5,7,9,12,14H,2,4,6,8,10,15H2,1H3. The van der Waals surface area contributed by atoms with Gasteiger partial charge >= 0.3 is 0 Å². The minimum absolute atomic E-state index is 0.316. The summed E-state index contributed by atoms with van der Waals surface area (Å²) in [5.74, 6) is 0.999. The van der Waals surface area contributed by atoms with Crippen molar-refractivity contribution in [2.45, 2.75) is 51.2 Å². The largest absolute Gasteiger partial charge is 0.490 e. The fraction of sp³-hybridized carbons (Fsp3) is 0.571. The van der Waals surface area contributed by atoms with Crippen LogP contribution in [0.5, 0.6) is 5.75 Å². The molecule has 1 fully saturated rings. The van der Waals surface area contributed by atoms with E-state index in [4.69, 9.17) is 10.5 Å². The third-order valence-electron chi connectivity index (χ3n) is 3.28. The maximum Gasteiger partial charge on any atom is 0.119 e. The average Bonchev–Trinajstić information content (AvgIpc) is 2.29. The third-order valence-corrected chi connectivity index (χ3v) is 3.28. The lowest BCUT2D eigenvalue weighted by atomic mass is 9.93. The Hall–Kier alpha value is -1.02. The highest BCUT2D eigenvalue weighted by Crippen LogP contribution is 2.23. The number of aryl methyl sites for hydroxylation is 1. The van der Waals surface area contributed by atoms with Crippen LogP contribution in [0.1, 0.15) is 38.2 Å². The van der Waals surface area contributed by atoms with Crippen molar-refractivity contribution in [1.29, 1.82) is 0 Å². The van der Waals surface area contributed by atoms with Gasteiger partial charge in [0.1, 0.15) is 11.9 Å². The monoisotopic (exact) mass is 219 g/mol. The normalized spacial score (nSPS) is 25.4. The summed E-state index contributed by atoms with van der Waals surface area (Å²) in [5.41, 5.74) is 7.29. The Morgan fingerprint density at radius 3 is 3.00 bits per heavy atom. The molecule has 1 aliphatic carbocycles. The number of ether oxygens (including phenoxy) is 1. The van der Waals surface area contributed by atoms with Crippen molar-refractivity contribution in [2.24, 2.45) is 5.73 Å². The second-order valence-corrected chi connectivity index (χ2v) is 4.67. The van der Waals surface area contributed by atoms with E-state index in [0.29, 0.717) is 12.1 Å². The van der Waals surface area contributed by atoms with E-state index in [-0.39, 0.29) is 0 Å². The van der Waals surface area contributed by atoms with Gasteiger partial charge in [-0.05, 0) is 49.8 Å². The molecule has 88 valence electrons. The molecule has 0 amide bonds. The van der Waals surface area contributed by atoms with Gasteiger partial charge in [0.2, 0.25) is 0 Å². The molecule has 2 rings (SSSR count). The number of rotatable bonds is 3. The first-order chi connectivity index (χ1) is 7.78. The molecule has 2 nitrogen and oxygen atoms in total. The molecule has 0 aromatic heterocycles. The van der Waals surface area contributed by atoms with E-state index >= 15 is 0 Å². The van der Waals surface area contributed by atoms with Crippen LogP contribution in [0.2, 0.25) is 0 Å². The first-order valence-corrected chi connectivity index (χ1v) is 6.29. The van der Waals surface area contributed by atoms with E-state index < -0.39 is 0 Å². The zero-order valence-corrected chi connectivity index (χ0v) is 9.99. The van der Waals surface area contributed by atoms with Crippen LogP contribution in [0.25, 0.3) is 0 Å². The van der Waals surface area contributed by atoms with Crippen LogP contribution in [-0.4, -0.2) is 12.1 Å². The molecule has 1 aromatic carbocycles. The summed E-state index contributed by atoms with van der Waals surface area (Å²) < 4.78 is 5.99. The Kier molecular flexibility index (Phi) is 3.83. The van der Waals surface area contributed by atoms with Crippen LogP contribution < -0.4 is 10.5 Å². The van der Waals surface area contributed by atoms with Crippen molar-refractivity contribution in [3.05, 3.63) is 29.8 Å². The molecule has 2 N–H and O–H groups in total. The van der Waals surface area contributed by atoms with Crippen LogP contribution in [-0.2, 0) is 6.42 Å². The highest BCUT2D eigenvalue weighted by Gasteiger charge is 2.20. The summed E-state index contributed by atoms with van der Waals surface area (Å²) in [5, 5.41) is 0. The smallest absolute Gasteiger partial charge is 0.119 e. The number of benzene rings is 1. The van der Waals surface area contributed by atoms with Gasteiger partial charge in [-0.2, -0.15) is 0 Å². The van der Waals surface area contributed by atoms with Crippen LogP contribution in [0, 0.1) is 0 Å². The van der Waals surface area contributed by atoms with Gasteiger partial charge in [0, 0.05) is 6.04 Å². The topological polar surface area (TPSA) is 35.2 Å². The van der Waals surface area contributed by atoms with Gasteiger partial charge in [0.05, 0.1) is 0 Å². The predicted molar refractivity (Wildman–Crippen MR) is 66.7 cm³/mol. The van der Waals surface area contributed by atoms with Gasteiger partial charge in [0.25, 0.3) is 0 Å². The molecule has 0 spiro atoms. The quantitative estimate of drug-likeness (QED) is 0.848. The second kappa shape index (κ2) is 5.35. The molecule has 1 saturated carbocycles. The number of nitrogens with two attached hydrogens (primary N) is 1. The summed E-state index contributed by atoms with van der Waals surface area (Å²) in [6, 6.07) is 8.71. The fourth-order valence-corrected chi connectivity index (χ4v) is 2.32. The zero-order chi connectivity index (χ0) is 11.4. The van der Waals surface area contributed by atoms with Gasteiger partial charge < -0.3 is 10.5 Å². The molecule has 16 heavy (non-hydrogen) atoms. The lowest BCUT2D eigenvalue weighted by molar-refractivity contribution is 0.144. The summed E-state index contributed by atoms with van der Waals surface area (Å²) in [4.78, 5) is 0. The van der Waals surface area contributed by atoms with Gasteiger partial charge in [-0.15, -0.1) is 0 Å². The lowest BCUT2D eigenvalue weighted by Gasteiger charge is -2.27. The minimum Gasteiger partial charge on any atom is -0.490 e. The molecule has 0 radical (unpaired) electrons. The van der Waals surface area contributed by atoms with Crippen molar-refractivity contribution >= 4 is 0 Å². The van der Waals surface area contributed by atoms with Crippen LogP contribution in [0.4, 0.5) is 0 Å². The van der Waals surface area contributed by atoms with E-state index in [1.54, 1.807) is 0 Å². The minimum atomic E-state index is 0.316. The van der Waals surface area contributed by atoms with E-state index in [2.05, 4.69) is 25.1 Å². The SMILES string of the molecule is CCc1cccc(OC2CCCC(N)C2)c1. The van der Waals surface area contributed by atoms with Gasteiger partial charge in [-0.3, -0.25) is 0 Å². The van der Waals surface area contributed by atoms with Gasteiger partial charge in [-0.1, -0.05) is 19.1 Å². The van der Waals surface area contributed by atoms with E-state index in [9.17, 15) is 0 Å². The molecular weight excluding hydrogens is 198 g/mol. The number of hydrogen-bond acceptors (Lipinski definition) is 2. The van der Waals surface area contributed by atoms with Crippen molar-refractivity contribution in [2.75, 3.05) is 0 Å². The van der Waals surface area contributed by atoms with Crippen molar-refractivity contribution < 1.29 is 4.74 Å². The highest BCUT2D eigenvalue weighted by molar-refractivity contribution is 5.28. The van der Waals surface area contributed by atoms with E-state index in [1.807, 2.05) is 6.07 Å². The lowest BCUT2D eigenvalue weighted by Crippen LogP contribution is -2.33. The maximum absolute atomic E-state index is 5.99. The zero-order valence-electron chi connectivity index (χ0n) is 9.99. The van der Waals surface area contributed by atoms with E-state index in [0.717, 1.165) is 31.4 Å². The maximum atomic E-state index is 5.99. The first kappa shape index (κ1) is 11.5. The Balaban J connectivity index is 1.97. The molecular formula is C14H21NO. The van der Waals surface area contributed by atoms with Crippen LogP contribution in [0.3, 0.4) is 0 Å². The molecule has 2 heteroatoms. The summed E-state index contributed by atoms with van der Waals surface area (Å²) in [7, 11) is 0. The van der Waals surface area contributed by atoms with Crippen LogP contribution >= 0.6 is 0 Å². The molecule has 2 atom stereocenters. The molecule has 0 aliphatic heterocycles. The molecule has 0 saturated heterocycles. The predicted octanol–water partition coefficient (Wildman–Crippen LogP) is 2.90. The first-order valence-electron chi connectivity index (χ1n) is 6.29. The van der Waals surface area contributed by atoms with Crippen molar-refractivity contribution in [3.8, 4) is 5.75 Å².